The Balaban J connectivity index is 1.63. The van der Waals surface area contributed by atoms with E-state index >= 15 is 0 Å². The fraction of sp³-hybridized carbons (Fsp3) is 0.600. The van der Waals surface area contributed by atoms with E-state index in [2.05, 4.69) is 14.9 Å². The zero-order chi connectivity index (χ0) is 19.1. The summed E-state index contributed by atoms with van der Waals surface area (Å²) in [7, 11) is 1.69. The number of carbonyl (C=O) groups is 1. The Morgan fingerprint density at radius 1 is 1.30 bits per heavy atom. The Labute approximate surface area is 170 Å². The lowest BCUT2D eigenvalue weighted by atomic mass is 9.97. The number of fused-ring (bicyclic) bond motifs is 1. The van der Waals surface area contributed by atoms with Gasteiger partial charge in [-0.15, -0.1) is 0 Å². The Hall–Kier alpha value is -1.24. The lowest BCUT2D eigenvalue weighted by molar-refractivity contribution is -0.119. The number of nitrogens with zero attached hydrogens (tertiary/aromatic N) is 2. The minimum atomic E-state index is 0.0916. The molecule has 0 saturated heterocycles. The van der Waals surface area contributed by atoms with Crippen molar-refractivity contribution in [1.82, 2.24) is 14.9 Å². The van der Waals surface area contributed by atoms with Crippen LogP contribution in [0.4, 0.5) is 0 Å². The van der Waals surface area contributed by atoms with Crippen molar-refractivity contribution >= 4 is 40.3 Å². The summed E-state index contributed by atoms with van der Waals surface area (Å²) < 4.78 is 7.33. The average Bonchev–Trinajstić information content (AvgIpc) is 2.96. The molecule has 27 heavy (non-hydrogen) atoms. The number of benzene rings is 1. The quantitative estimate of drug-likeness (QED) is 0.676. The van der Waals surface area contributed by atoms with Crippen molar-refractivity contribution in [1.29, 1.82) is 0 Å². The monoisotopic (exact) mass is 409 g/mol. The van der Waals surface area contributed by atoms with E-state index in [9.17, 15) is 4.79 Å². The lowest BCUT2D eigenvalue weighted by Gasteiger charge is -2.20. The molecule has 3 rings (SSSR count). The van der Waals surface area contributed by atoms with Crippen molar-refractivity contribution < 1.29 is 9.53 Å². The molecular formula is C20H28ClN3O2S. The summed E-state index contributed by atoms with van der Waals surface area (Å²) in [5, 5.41) is 4.71. The number of thioether (sulfide) groups is 1. The number of hydrogen-bond acceptors (Lipinski definition) is 4. The van der Waals surface area contributed by atoms with Gasteiger partial charge in [-0.1, -0.05) is 55.5 Å². The molecule has 5 nitrogen and oxygen atoms in total. The highest BCUT2D eigenvalue weighted by atomic mass is 35.5. The highest BCUT2D eigenvalue weighted by molar-refractivity contribution is 7.99. The SMILES string of the molecule is COCCn1c(SCC(=O)NC2CCCCCCC2)nc2cc(Cl)ccc21. The Morgan fingerprint density at radius 3 is 2.78 bits per heavy atom. The molecule has 0 unspecified atom stereocenters. The number of nitrogens with one attached hydrogen (secondary N) is 1. The van der Waals surface area contributed by atoms with Gasteiger partial charge in [-0.2, -0.15) is 0 Å². The number of halogens is 1. The minimum absolute atomic E-state index is 0.0916. The summed E-state index contributed by atoms with van der Waals surface area (Å²) in [6, 6.07) is 6.02. The molecule has 1 aromatic carbocycles. The molecule has 1 N–H and O–H groups in total. The van der Waals surface area contributed by atoms with Crippen LogP contribution in [0.3, 0.4) is 0 Å². The van der Waals surface area contributed by atoms with Gasteiger partial charge in [0.05, 0.1) is 23.4 Å². The Bertz CT molecular complexity index is 757. The highest BCUT2D eigenvalue weighted by Crippen LogP contribution is 2.26. The second-order valence-electron chi connectivity index (χ2n) is 7.07. The maximum absolute atomic E-state index is 12.5. The smallest absolute Gasteiger partial charge is 0.230 e. The number of hydrogen-bond donors (Lipinski definition) is 1. The first-order valence-electron chi connectivity index (χ1n) is 9.74. The van der Waals surface area contributed by atoms with Gasteiger partial charge in [0, 0.05) is 24.7 Å². The molecule has 2 aromatic rings. The summed E-state index contributed by atoms with van der Waals surface area (Å²) in [6.07, 6.45) is 8.53. The van der Waals surface area contributed by atoms with Crippen molar-refractivity contribution in [3.05, 3.63) is 23.2 Å². The van der Waals surface area contributed by atoms with E-state index in [0.29, 0.717) is 30.0 Å². The van der Waals surface area contributed by atoms with Crippen molar-refractivity contribution in [2.75, 3.05) is 19.5 Å². The van der Waals surface area contributed by atoms with E-state index in [1.54, 1.807) is 7.11 Å². The number of imidazole rings is 1. The van der Waals surface area contributed by atoms with E-state index in [0.717, 1.165) is 29.0 Å². The minimum Gasteiger partial charge on any atom is -0.383 e. The molecule has 1 aromatic heterocycles. The molecule has 0 bridgehead atoms. The lowest BCUT2D eigenvalue weighted by Crippen LogP contribution is -2.36. The number of amides is 1. The van der Waals surface area contributed by atoms with Crippen molar-refractivity contribution in [3.8, 4) is 0 Å². The van der Waals surface area contributed by atoms with Gasteiger partial charge < -0.3 is 14.6 Å². The molecule has 1 amide bonds. The molecule has 1 heterocycles. The van der Waals surface area contributed by atoms with E-state index in [1.165, 1.54) is 43.9 Å². The molecule has 148 valence electrons. The summed E-state index contributed by atoms with van der Waals surface area (Å²) in [5.41, 5.74) is 1.86. The number of rotatable bonds is 7. The van der Waals surface area contributed by atoms with Crippen LogP contribution in [0, 0.1) is 0 Å². The summed E-state index contributed by atoms with van der Waals surface area (Å²) in [6.45, 7) is 1.29. The highest BCUT2D eigenvalue weighted by Gasteiger charge is 2.16. The third-order valence-corrected chi connectivity index (χ3v) is 6.21. The van der Waals surface area contributed by atoms with Crippen LogP contribution in [-0.2, 0) is 16.1 Å². The van der Waals surface area contributed by atoms with Gasteiger partial charge in [-0.25, -0.2) is 4.98 Å². The standard InChI is InChI=1S/C20H28ClN3O2S/c1-26-12-11-24-18-10-9-15(21)13-17(18)23-20(24)27-14-19(25)22-16-7-5-3-2-4-6-8-16/h9-10,13,16H,2-8,11-12,14H2,1H3,(H,22,25). The van der Waals surface area contributed by atoms with E-state index in [1.807, 2.05) is 18.2 Å². The summed E-state index contributed by atoms with van der Waals surface area (Å²) in [4.78, 5) is 17.1. The molecule has 0 radical (unpaired) electrons. The molecule has 0 aliphatic heterocycles. The molecule has 0 atom stereocenters. The van der Waals surface area contributed by atoms with E-state index in [4.69, 9.17) is 16.3 Å². The first-order valence-corrected chi connectivity index (χ1v) is 11.1. The van der Waals surface area contributed by atoms with Gasteiger partial charge >= 0.3 is 0 Å². The fourth-order valence-corrected chi connectivity index (χ4v) is 4.61. The van der Waals surface area contributed by atoms with Crippen molar-refractivity contribution in [2.45, 2.75) is 62.7 Å². The van der Waals surface area contributed by atoms with Crippen LogP contribution in [0.15, 0.2) is 23.4 Å². The molecule has 1 aliphatic rings. The maximum atomic E-state index is 12.5. The van der Waals surface area contributed by atoms with Crippen LogP contribution < -0.4 is 5.32 Å². The zero-order valence-corrected chi connectivity index (χ0v) is 17.5. The Kier molecular flexibility index (Phi) is 7.85. The van der Waals surface area contributed by atoms with Gasteiger partial charge in [-0.3, -0.25) is 4.79 Å². The molecule has 0 spiro atoms. The largest absolute Gasteiger partial charge is 0.383 e. The van der Waals surface area contributed by atoms with Crippen LogP contribution in [0.25, 0.3) is 11.0 Å². The van der Waals surface area contributed by atoms with Crippen molar-refractivity contribution in [2.24, 2.45) is 0 Å². The molecule has 1 aliphatic carbocycles. The van der Waals surface area contributed by atoms with Gasteiger partial charge in [-0.05, 0) is 31.0 Å². The third kappa shape index (κ3) is 5.87. The number of methoxy groups -OCH3 is 1. The van der Waals surface area contributed by atoms with E-state index < -0.39 is 0 Å². The molecule has 1 saturated carbocycles. The van der Waals surface area contributed by atoms with Crippen LogP contribution >= 0.6 is 23.4 Å². The fourth-order valence-electron chi connectivity index (χ4n) is 3.59. The first-order chi connectivity index (χ1) is 13.2. The van der Waals surface area contributed by atoms with E-state index in [-0.39, 0.29) is 5.91 Å². The van der Waals surface area contributed by atoms with Gasteiger partial charge in [0.15, 0.2) is 5.16 Å². The number of aromatic nitrogens is 2. The van der Waals surface area contributed by atoms with Gasteiger partial charge in [0.25, 0.3) is 0 Å². The predicted molar refractivity (Wildman–Crippen MR) is 112 cm³/mol. The summed E-state index contributed by atoms with van der Waals surface area (Å²) >= 11 is 7.58. The number of ether oxygens (including phenoxy) is 1. The van der Waals surface area contributed by atoms with Crippen LogP contribution in [0.5, 0.6) is 0 Å². The molecule has 7 heteroatoms. The second-order valence-corrected chi connectivity index (χ2v) is 8.45. The second kappa shape index (κ2) is 10.3. The average molecular weight is 410 g/mol. The summed E-state index contributed by atoms with van der Waals surface area (Å²) in [5.74, 6) is 0.467. The van der Waals surface area contributed by atoms with Crippen LogP contribution in [-0.4, -0.2) is 41.0 Å². The van der Waals surface area contributed by atoms with Gasteiger partial charge in [0.1, 0.15) is 0 Å². The van der Waals surface area contributed by atoms with Gasteiger partial charge in [0.2, 0.25) is 5.91 Å². The zero-order valence-electron chi connectivity index (χ0n) is 15.9. The topological polar surface area (TPSA) is 56.1 Å². The predicted octanol–water partition coefficient (Wildman–Crippen LogP) is 4.66. The third-order valence-electron chi connectivity index (χ3n) is 5.00. The molecule has 1 fully saturated rings. The number of carbonyl (C=O) groups excluding carboxylic acids is 1. The molecular weight excluding hydrogens is 382 g/mol. The maximum Gasteiger partial charge on any atom is 0.230 e. The normalized spacial score (nSPS) is 16.2. The Morgan fingerprint density at radius 2 is 2.04 bits per heavy atom. The first kappa shape index (κ1) is 20.5. The van der Waals surface area contributed by atoms with Crippen LogP contribution in [0.1, 0.15) is 44.9 Å². The van der Waals surface area contributed by atoms with Crippen molar-refractivity contribution in [3.63, 3.8) is 0 Å². The van der Waals surface area contributed by atoms with Crippen LogP contribution in [0.2, 0.25) is 5.02 Å².